The number of nitrogens with one attached hydrogen (secondary N) is 1. The molecule has 21 heavy (non-hydrogen) atoms. The molecule has 1 fully saturated rings. The Kier molecular flexibility index (Phi) is 3.77. The topological polar surface area (TPSA) is 88.0 Å². The number of pyridine rings is 1. The van der Waals surface area contributed by atoms with Gasteiger partial charge in [0.25, 0.3) is 0 Å². The second kappa shape index (κ2) is 5.87. The summed E-state index contributed by atoms with van der Waals surface area (Å²) in [7, 11) is 0. The number of aromatic nitrogens is 3. The molecule has 0 aliphatic heterocycles. The molecule has 3 rings (SSSR count). The third-order valence-electron chi connectivity index (χ3n) is 3.63. The average Bonchev–Trinajstić information content (AvgIpc) is 3.01. The number of carboxylic acids is 1. The van der Waals surface area contributed by atoms with Crippen LogP contribution in [0.4, 0.5) is 5.82 Å². The molecule has 1 saturated carbocycles. The summed E-state index contributed by atoms with van der Waals surface area (Å²) < 4.78 is 0. The van der Waals surface area contributed by atoms with E-state index in [0.29, 0.717) is 17.7 Å². The lowest BCUT2D eigenvalue weighted by atomic mass is 10.2. The van der Waals surface area contributed by atoms with Crippen LogP contribution in [-0.4, -0.2) is 32.1 Å². The van der Waals surface area contributed by atoms with E-state index in [2.05, 4.69) is 20.3 Å². The van der Waals surface area contributed by atoms with Gasteiger partial charge in [0.15, 0.2) is 5.82 Å². The van der Waals surface area contributed by atoms with Crippen molar-refractivity contribution in [2.45, 2.75) is 31.7 Å². The summed E-state index contributed by atoms with van der Waals surface area (Å²) in [5.41, 5.74) is 0.874. The molecule has 0 unspecified atom stereocenters. The summed E-state index contributed by atoms with van der Waals surface area (Å²) in [5.74, 6) is -0.148. The van der Waals surface area contributed by atoms with Crippen molar-refractivity contribution >= 4 is 11.8 Å². The Bertz CT molecular complexity index is 639. The summed E-state index contributed by atoms with van der Waals surface area (Å²) in [6.07, 6.45) is 9.12. The fourth-order valence-corrected chi connectivity index (χ4v) is 2.55. The van der Waals surface area contributed by atoms with Gasteiger partial charge >= 0.3 is 5.97 Å². The van der Waals surface area contributed by atoms with E-state index in [9.17, 15) is 9.90 Å². The maximum Gasteiger partial charge on any atom is 0.341 e. The van der Waals surface area contributed by atoms with Gasteiger partial charge in [-0.1, -0.05) is 12.8 Å². The maximum absolute atomic E-state index is 11.3. The number of anilines is 1. The maximum atomic E-state index is 11.3. The fraction of sp³-hybridized carbons (Fsp3) is 0.333. The second-order valence-electron chi connectivity index (χ2n) is 5.13. The first-order valence-corrected chi connectivity index (χ1v) is 7.01. The molecule has 6 nitrogen and oxygen atoms in total. The number of aromatic carboxylic acids is 1. The van der Waals surface area contributed by atoms with Crippen LogP contribution in [0.5, 0.6) is 0 Å². The molecule has 0 saturated heterocycles. The molecule has 0 aromatic carbocycles. The van der Waals surface area contributed by atoms with Crippen LogP contribution in [0.2, 0.25) is 0 Å². The van der Waals surface area contributed by atoms with Gasteiger partial charge in [0.05, 0.1) is 0 Å². The molecule has 0 bridgehead atoms. The van der Waals surface area contributed by atoms with Crippen LogP contribution in [0.25, 0.3) is 11.4 Å². The van der Waals surface area contributed by atoms with Crippen molar-refractivity contribution in [2.24, 2.45) is 0 Å². The minimum Gasteiger partial charge on any atom is -0.477 e. The molecule has 108 valence electrons. The Balaban J connectivity index is 1.95. The number of carbonyl (C=O) groups is 1. The molecule has 0 spiro atoms. The Morgan fingerprint density at radius 3 is 2.76 bits per heavy atom. The molecule has 0 radical (unpaired) electrons. The van der Waals surface area contributed by atoms with E-state index in [1.165, 1.54) is 19.0 Å². The van der Waals surface area contributed by atoms with E-state index >= 15 is 0 Å². The smallest absolute Gasteiger partial charge is 0.341 e. The first-order chi connectivity index (χ1) is 10.2. The van der Waals surface area contributed by atoms with Gasteiger partial charge in [-0.3, -0.25) is 4.98 Å². The molecule has 0 amide bonds. The SMILES string of the molecule is O=C(O)c1cnc(-c2cccnc2)nc1NC1CCCC1. The summed E-state index contributed by atoms with van der Waals surface area (Å²) in [4.78, 5) is 23.9. The van der Waals surface area contributed by atoms with Gasteiger partial charge in [0.1, 0.15) is 11.4 Å². The van der Waals surface area contributed by atoms with Crippen LogP contribution in [0, 0.1) is 0 Å². The quantitative estimate of drug-likeness (QED) is 0.897. The van der Waals surface area contributed by atoms with Crippen LogP contribution >= 0.6 is 0 Å². The van der Waals surface area contributed by atoms with Crippen molar-refractivity contribution < 1.29 is 9.90 Å². The molecule has 0 atom stereocenters. The molecule has 1 aliphatic rings. The molecular formula is C15H16N4O2. The monoisotopic (exact) mass is 284 g/mol. The number of rotatable bonds is 4. The highest BCUT2D eigenvalue weighted by molar-refractivity contribution is 5.93. The summed E-state index contributed by atoms with van der Waals surface area (Å²) in [6, 6.07) is 3.94. The standard InChI is InChI=1S/C15H16N4O2/c20-15(21)12-9-17-13(10-4-3-7-16-8-10)19-14(12)18-11-5-1-2-6-11/h3-4,7-9,11H,1-2,5-6H2,(H,20,21)(H,17,18,19). The molecule has 2 aromatic heterocycles. The van der Waals surface area contributed by atoms with Crippen LogP contribution in [0.15, 0.2) is 30.7 Å². The molecule has 2 N–H and O–H groups in total. The van der Waals surface area contributed by atoms with Gasteiger partial charge in [-0.2, -0.15) is 0 Å². The van der Waals surface area contributed by atoms with Gasteiger partial charge in [-0.15, -0.1) is 0 Å². The molecule has 2 aromatic rings. The average molecular weight is 284 g/mol. The highest BCUT2D eigenvalue weighted by Gasteiger charge is 2.20. The van der Waals surface area contributed by atoms with Crippen molar-refractivity contribution in [3.63, 3.8) is 0 Å². The predicted molar refractivity (Wildman–Crippen MR) is 78.1 cm³/mol. The lowest BCUT2D eigenvalue weighted by Gasteiger charge is -2.15. The number of nitrogens with zero attached hydrogens (tertiary/aromatic N) is 3. The Morgan fingerprint density at radius 2 is 2.10 bits per heavy atom. The first-order valence-electron chi connectivity index (χ1n) is 7.01. The summed E-state index contributed by atoms with van der Waals surface area (Å²) in [6.45, 7) is 0. The van der Waals surface area contributed by atoms with E-state index in [-0.39, 0.29) is 5.56 Å². The molecule has 1 aliphatic carbocycles. The highest BCUT2D eigenvalue weighted by Crippen LogP contribution is 2.24. The lowest BCUT2D eigenvalue weighted by Crippen LogP contribution is -2.19. The van der Waals surface area contributed by atoms with Crippen molar-refractivity contribution in [1.29, 1.82) is 0 Å². The van der Waals surface area contributed by atoms with Crippen molar-refractivity contribution in [3.05, 3.63) is 36.3 Å². The van der Waals surface area contributed by atoms with E-state index < -0.39 is 5.97 Å². The van der Waals surface area contributed by atoms with Gasteiger partial charge in [0.2, 0.25) is 0 Å². The third-order valence-corrected chi connectivity index (χ3v) is 3.63. The zero-order chi connectivity index (χ0) is 14.7. The van der Waals surface area contributed by atoms with Crippen molar-refractivity contribution in [1.82, 2.24) is 15.0 Å². The zero-order valence-electron chi connectivity index (χ0n) is 11.5. The van der Waals surface area contributed by atoms with Gasteiger partial charge < -0.3 is 10.4 Å². The number of carboxylic acid groups (broad SMARTS) is 1. The molecule has 2 heterocycles. The van der Waals surface area contributed by atoms with Crippen molar-refractivity contribution in [2.75, 3.05) is 5.32 Å². The van der Waals surface area contributed by atoms with E-state index in [1.54, 1.807) is 18.5 Å². The van der Waals surface area contributed by atoms with Gasteiger partial charge in [-0.05, 0) is 25.0 Å². The Labute approximate surface area is 122 Å². The summed E-state index contributed by atoms with van der Waals surface area (Å²) in [5, 5.41) is 12.5. The van der Waals surface area contributed by atoms with Crippen LogP contribution in [-0.2, 0) is 0 Å². The van der Waals surface area contributed by atoms with E-state index in [0.717, 1.165) is 18.4 Å². The molecular weight excluding hydrogens is 268 g/mol. The van der Waals surface area contributed by atoms with Crippen LogP contribution < -0.4 is 5.32 Å². The molecule has 6 heteroatoms. The second-order valence-corrected chi connectivity index (χ2v) is 5.13. The normalized spacial score (nSPS) is 15.0. The summed E-state index contributed by atoms with van der Waals surface area (Å²) >= 11 is 0. The van der Waals surface area contributed by atoms with E-state index in [4.69, 9.17) is 0 Å². The van der Waals surface area contributed by atoms with Crippen LogP contribution in [0.1, 0.15) is 36.0 Å². The third kappa shape index (κ3) is 2.99. The predicted octanol–water partition coefficient (Wildman–Crippen LogP) is 2.59. The Hall–Kier alpha value is -2.50. The van der Waals surface area contributed by atoms with Crippen molar-refractivity contribution in [3.8, 4) is 11.4 Å². The fourth-order valence-electron chi connectivity index (χ4n) is 2.55. The van der Waals surface area contributed by atoms with Gasteiger partial charge in [0, 0.05) is 30.2 Å². The van der Waals surface area contributed by atoms with Crippen LogP contribution in [0.3, 0.4) is 0 Å². The highest BCUT2D eigenvalue weighted by atomic mass is 16.4. The number of hydrogen-bond donors (Lipinski definition) is 2. The zero-order valence-corrected chi connectivity index (χ0v) is 11.5. The first kappa shape index (κ1) is 13.5. The Morgan fingerprint density at radius 1 is 1.29 bits per heavy atom. The lowest BCUT2D eigenvalue weighted by molar-refractivity contribution is 0.0697. The minimum absolute atomic E-state index is 0.106. The minimum atomic E-state index is -1.02. The largest absolute Gasteiger partial charge is 0.477 e. The van der Waals surface area contributed by atoms with E-state index in [1.807, 2.05) is 6.07 Å². The number of hydrogen-bond acceptors (Lipinski definition) is 5. The van der Waals surface area contributed by atoms with Gasteiger partial charge in [-0.25, -0.2) is 14.8 Å².